The van der Waals surface area contributed by atoms with Gasteiger partial charge in [0.1, 0.15) is 0 Å². The Kier molecular flexibility index (Phi) is 5.40. The van der Waals surface area contributed by atoms with E-state index in [1.165, 1.54) is 6.42 Å². The van der Waals surface area contributed by atoms with Crippen LogP contribution in [0.2, 0.25) is 0 Å². The number of benzene rings is 1. The van der Waals surface area contributed by atoms with Gasteiger partial charge in [0.15, 0.2) is 0 Å². The van der Waals surface area contributed by atoms with Crippen molar-refractivity contribution < 1.29 is 8.42 Å². The molecule has 0 amide bonds. The van der Waals surface area contributed by atoms with Gasteiger partial charge in [0.2, 0.25) is 10.0 Å². The third-order valence-corrected chi connectivity index (χ3v) is 6.92. The molecule has 0 unspecified atom stereocenters. The molecule has 0 spiro atoms. The fourth-order valence-electron chi connectivity index (χ4n) is 2.28. The maximum atomic E-state index is 12.3. The molecule has 1 fully saturated rings. The van der Waals surface area contributed by atoms with Crippen molar-refractivity contribution in [2.45, 2.75) is 35.3 Å². The number of sulfonamides is 1. The van der Waals surface area contributed by atoms with Crippen molar-refractivity contribution in [1.82, 2.24) is 4.72 Å². The summed E-state index contributed by atoms with van der Waals surface area (Å²) in [5.41, 5.74) is 1.05. The largest absolute Gasteiger partial charge is 0.240 e. The molecule has 3 nitrogen and oxygen atoms in total. The number of rotatable bonds is 7. The van der Waals surface area contributed by atoms with Crippen LogP contribution >= 0.6 is 23.4 Å². The van der Waals surface area contributed by atoms with Crippen molar-refractivity contribution in [3.63, 3.8) is 0 Å². The van der Waals surface area contributed by atoms with Crippen LogP contribution in [-0.4, -0.2) is 31.8 Å². The second kappa shape index (κ2) is 6.69. The van der Waals surface area contributed by atoms with Gasteiger partial charge in [0, 0.05) is 17.2 Å². The molecular formula is C14H20ClNO2S2. The molecule has 0 saturated heterocycles. The van der Waals surface area contributed by atoms with E-state index < -0.39 is 10.0 Å². The third kappa shape index (κ3) is 3.70. The topological polar surface area (TPSA) is 46.2 Å². The molecule has 6 heteroatoms. The van der Waals surface area contributed by atoms with E-state index in [9.17, 15) is 8.42 Å². The lowest BCUT2D eigenvalue weighted by molar-refractivity contribution is 0.362. The molecule has 0 atom stereocenters. The van der Waals surface area contributed by atoms with Gasteiger partial charge >= 0.3 is 0 Å². The number of nitrogens with one attached hydrogen (secondary N) is 1. The van der Waals surface area contributed by atoms with E-state index in [-0.39, 0.29) is 4.75 Å². The summed E-state index contributed by atoms with van der Waals surface area (Å²) in [6.07, 6.45) is 6.17. The molecule has 1 aliphatic rings. The van der Waals surface area contributed by atoms with Crippen molar-refractivity contribution in [3.05, 3.63) is 29.8 Å². The standard InChI is InChI=1S/C14H20ClNO2S2/c1-19-14(8-2-9-14)11-16-20(17,18)13-5-3-12(4-6-13)7-10-15/h3-6,16H,2,7-11H2,1H3. The summed E-state index contributed by atoms with van der Waals surface area (Å²) in [5.74, 6) is 0.542. The van der Waals surface area contributed by atoms with Crippen molar-refractivity contribution in [2.75, 3.05) is 18.7 Å². The molecule has 1 saturated carbocycles. The fraction of sp³-hybridized carbons (Fsp3) is 0.571. The maximum absolute atomic E-state index is 12.3. The van der Waals surface area contributed by atoms with Crippen molar-refractivity contribution in [1.29, 1.82) is 0 Å². The van der Waals surface area contributed by atoms with Crippen molar-refractivity contribution >= 4 is 33.4 Å². The highest BCUT2D eigenvalue weighted by Gasteiger charge is 2.37. The molecule has 20 heavy (non-hydrogen) atoms. The number of halogens is 1. The van der Waals surface area contributed by atoms with E-state index >= 15 is 0 Å². The summed E-state index contributed by atoms with van der Waals surface area (Å²) < 4.78 is 27.4. The Bertz CT molecular complexity index is 533. The van der Waals surface area contributed by atoms with E-state index in [4.69, 9.17) is 11.6 Å². The second-order valence-electron chi connectivity index (χ2n) is 5.15. The van der Waals surface area contributed by atoms with E-state index in [2.05, 4.69) is 11.0 Å². The molecule has 1 N–H and O–H groups in total. The predicted molar refractivity (Wildman–Crippen MR) is 86.2 cm³/mol. The number of thioether (sulfide) groups is 1. The van der Waals surface area contributed by atoms with E-state index in [1.807, 2.05) is 12.1 Å². The molecule has 2 rings (SSSR count). The van der Waals surface area contributed by atoms with Crippen molar-refractivity contribution in [3.8, 4) is 0 Å². The molecule has 1 aliphatic carbocycles. The average molecular weight is 334 g/mol. The Labute approximate surface area is 130 Å². The molecule has 0 radical (unpaired) electrons. The van der Waals surface area contributed by atoms with Crippen LogP contribution in [0.25, 0.3) is 0 Å². The highest BCUT2D eigenvalue weighted by atomic mass is 35.5. The number of hydrogen-bond donors (Lipinski definition) is 1. The lowest BCUT2D eigenvalue weighted by Crippen LogP contribution is -2.45. The summed E-state index contributed by atoms with van der Waals surface area (Å²) in [5, 5.41) is 0. The normalized spacial score (nSPS) is 17.7. The van der Waals surface area contributed by atoms with Gasteiger partial charge in [0.05, 0.1) is 4.90 Å². The van der Waals surface area contributed by atoms with Crippen LogP contribution in [0.15, 0.2) is 29.2 Å². The van der Waals surface area contributed by atoms with Crippen LogP contribution in [0.3, 0.4) is 0 Å². The van der Waals surface area contributed by atoms with Gasteiger partial charge in [0.25, 0.3) is 0 Å². The van der Waals surface area contributed by atoms with Gasteiger partial charge in [-0.2, -0.15) is 11.8 Å². The number of aryl methyl sites for hydroxylation is 1. The highest BCUT2D eigenvalue weighted by Crippen LogP contribution is 2.42. The van der Waals surface area contributed by atoms with Gasteiger partial charge in [-0.15, -0.1) is 11.6 Å². The molecule has 0 aromatic heterocycles. The van der Waals surface area contributed by atoms with Crippen LogP contribution in [0.1, 0.15) is 24.8 Å². The Morgan fingerprint density at radius 2 is 1.95 bits per heavy atom. The fourth-order valence-corrected chi connectivity index (χ4v) is 4.63. The van der Waals surface area contributed by atoms with Crippen LogP contribution in [0.4, 0.5) is 0 Å². The summed E-state index contributed by atoms with van der Waals surface area (Å²) >= 11 is 7.43. The van der Waals surface area contributed by atoms with Crippen LogP contribution < -0.4 is 4.72 Å². The smallest absolute Gasteiger partial charge is 0.210 e. The lowest BCUT2D eigenvalue weighted by Gasteiger charge is -2.40. The minimum atomic E-state index is -3.41. The Morgan fingerprint density at radius 3 is 2.40 bits per heavy atom. The van der Waals surface area contributed by atoms with Crippen molar-refractivity contribution in [2.24, 2.45) is 0 Å². The molecule has 1 aromatic rings. The Morgan fingerprint density at radius 1 is 1.30 bits per heavy atom. The molecule has 0 aliphatic heterocycles. The van der Waals surface area contributed by atoms with Crippen LogP contribution in [-0.2, 0) is 16.4 Å². The second-order valence-corrected chi connectivity index (χ2v) is 8.57. The summed E-state index contributed by atoms with van der Waals surface area (Å²) in [6.45, 7) is 0.514. The zero-order chi connectivity index (χ0) is 14.6. The Balaban J connectivity index is 2.02. The first kappa shape index (κ1) is 16.1. The highest BCUT2D eigenvalue weighted by molar-refractivity contribution is 8.00. The lowest BCUT2D eigenvalue weighted by atomic mass is 9.84. The zero-order valence-corrected chi connectivity index (χ0v) is 14.0. The van der Waals surface area contributed by atoms with Gasteiger partial charge in [-0.25, -0.2) is 13.1 Å². The molecule has 1 aromatic carbocycles. The van der Waals surface area contributed by atoms with Gasteiger partial charge < -0.3 is 0 Å². The molecular weight excluding hydrogens is 314 g/mol. The minimum absolute atomic E-state index is 0.103. The maximum Gasteiger partial charge on any atom is 0.240 e. The molecule has 0 bridgehead atoms. The van der Waals surface area contributed by atoms with E-state index in [1.54, 1.807) is 23.9 Å². The average Bonchev–Trinajstić information content (AvgIpc) is 2.39. The summed E-state index contributed by atoms with van der Waals surface area (Å²) in [4.78, 5) is 0.325. The van der Waals surface area contributed by atoms with Gasteiger partial charge in [-0.05, 0) is 43.2 Å². The quantitative estimate of drug-likeness (QED) is 0.780. The van der Waals surface area contributed by atoms with E-state index in [0.717, 1.165) is 24.8 Å². The van der Waals surface area contributed by atoms with Crippen LogP contribution in [0.5, 0.6) is 0 Å². The summed E-state index contributed by atoms with van der Waals surface area (Å²) in [6, 6.07) is 6.95. The van der Waals surface area contributed by atoms with E-state index in [0.29, 0.717) is 17.3 Å². The SMILES string of the molecule is CSC1(CNS(=O)(=O)c2ccc(CCCl)cc2)CCC1. The minimum Gasteiger partial charge on any atom is -0.210 e. The first-order chi connectivity index (χ1) is 9.51. The van der Waals surface area contributed by atoms with Gasteiger partial charge in [-0.3, -0.25) is 0 Å². The third-order valence-electron chi connectivity index (χ3n) is 3.90. The zero-order valence-electron chi connectivity index (χ0n) is 11.6. The predicted octanol–water partition coefficient (Wildman–Crippen LogP) is 3.03. The summed E-state index contributed by atoms with van der Waals surface area (Å²) in [7, 11) is -3.41. The molecule has 112 valence electrons. The number of alkyl halides is 1. The first-order valence-electron chi connectivity index (χ1n) is 6.71. The monoisotopic (exact) mass is 333 g/mol. The molecule has 0 heterocycles. The van der Waals surface area contributed by atoms with Gasteiger partial charge in [-0.1, -0.05) is 18.6 Å². The Hall–Kier alpha value is -0.230. The van der Waals surface area contributed by atoms with Crippen LogP contribution in [0, 0.1) is 0 Å². The number of hydrogen-bond acceptors (Lipinski definition) is 3. The first-order valence-corrected chi connectivity index (χ1v) is 9.95.